The van der Waals surface area contributed by atoms with E-state index in [1.807, 2.05) is 12.1 Å². The lowest BCUT2D eigenvalue weighted by atomic mass is 9.80. The van der Waals surface area contributed by atoms with Gasteiger partial charge in [-0.25, -0.2) is 0 Å². The van der Waals surface area contributed by atoms with Crippen LogP contribution < -0.4 is 0 Å². The molecule has 0 spiro atoms. The minimum absolute atomic E-state index is 0.277. The van der Waals surface area contributed by atoms with E-state index >= 15 is 0 Å². The first-order chi connectivity index (χ1) is 6.12. The van der Waals surface area contributed by atoms with Crippen LogP contribution >= 0.6 is 45.8 Å². The molecular formula is C10H9Cl2I. The van der Waals surface area contributed by atoms with Crippen molar-refractivity contribution in [3.05, 3.63) is 33.8 Å². The fourth-order valence-electron chi connectivity index (χ4n) is 1.61. The highest BCUT2D eigenvalue weighted by Crippen LogP contribution is 2.51. The fourth-order valence-corrected chi connectivity index (χ4v) is 3.59. The topological polar surface area (TPSA) is 0 Å². The van der Waals surface area contributed by atoms with E-state index < -0.39 is 0 Å². The molecule has 0 bridgehead atoms. The molecular weight excluding hydrogens is 318 g/mol. The lowest BCUT2D eigenvalue weighted by molar-refractivity contribution is 0.396. The molecule has 0 aliphatic heterocycles. The Hall–Kier alpha value is 0.530. The molecule has 1 aliphatic carbocycles. The Labute approximate surface area is 102 Å². The second-order valence-electron chi connectivity index (χ2n) is 3.44. The zero-order valence-electron chi connectivity index (χ0n) is 6.99. The third-order valence-electron chi connectivity index (χ3n) is 2.56. The van der Waals surface area contributed by atoms with Crippen molar-refractivity contribution in [1.29, 1.82) is 0 Å². The molecule has 0 N–H and O–H groups in total. The third-order valence-corrected chi connectivity index (χ3v) is 4.77. The summed E-state index contributed by atoms with van der Waals surface area (Å²) < 4.78 is 0.277. The Morgan fingerprint density at radius 3 is 2.38 bits per heavy atom. The minimum atomic E-state index is 0.277. The standard InChI is InChI=1S/C10H9Cl2I/c11-7-2-3-8(9(12)6-7)10(13)4-1-5-10/h2-3,6H,1,4-5H2. The number of hydrogen-bond donors (Lipinski definition) is 0. The van der Waals surface area contributed by atoms with Crippen LogP contribution in [0.25, 0.3) is 0 Å². The lowest BCUT2D eigenvalue weighted by Crippen LogP contribution is -2.26. The summed E-state index contributed by atoms with van der Waals surface area (Å²) in [6.07, 6.45) is 3.77. The maximum atomic E-state index is 6.14. The van der Waals surface area contributed by atoms with Crippen molar-refractivity contribution in [2.75, 3.05) is 0 Å². The highest BCUT2D eigenvalue weighted by Gasteiger charge is 2.37. The molecule has 0 unspecified atom stereocenters. The Bertz CT molecular complexity index is 332. The molecule has 0 radical (unpaired) electrons. The van der Waals surface area contributed by atoms with Crippen LogP contribution in [0.1, 0.15) is 24.8 Å². The number of rotatable bonds is 1. The van der Waals surface area contributed by atoms with Crippen LogP contribution in [0.4, 0.5) is 0 Å². The van der Waals surface area contributed by atoms with Crippen molar-refractivity contribution < 1.29 is 0 Å². The van der Waals surface area contributed by atoms with E-state index in [0.29, 0.717) is 5.02 Å². The molecule has 3 heteroatoms. The summed E-state index contributed by atoms with van der Waals surface area (Å²) in [6.45, 7) is 0. The lowest BCUT2D eigenvalue weighted by Gasteiger charge is -2.37. The van der Waals surface area contributed by atoms with E-state index in [-0.39, 0.29) is 3.42 Å². The molecule has 0 heterocycles. The second-order valence-corrected chi connectivity index (χ2v) is 6.35. The Morgan fingerprint density at radius 1 is 1.23 bits per heavy atom. The molecule has 0 aromatic heterocycles. The monoisotopic (exact) mass is 326 g/mol. The zero-order valence-corrected chi connectivity index (χ0v) is 10.7. The first-order valence-electron chi connectivity index (χ1n) is 4.26. The van der Waals surface area contributed by atoms with Gasteiger partial charge in [-0.15, -0.1) is 0 Å². The van der Waals surface area contributed by atoms with Gasteiger partial charge in [-0.05, 0) is 30.5 Å². The van der Waals surface area contributed by atoms with Crippen molar-refractivity contribution in [3.8, 4) is 0 Å². The van der Waals surface area contributed by atoms with Crippen LogP contribution in [0.15, 0.2) is 18.2 Å². The predicted octanol–water partition coefficient (Wildman–Crippen LogP) is 4.81. The van der Waals surface area contributed by atoms with Gasteiger partial charge in [0.05, 0.1) is 0 Å². The summed E-state index contributed by atoms with van der Waals surface area (Å²) in [5.74, 6) is 0. The zero-order chi connectivity index (χ0) is 9.47. The molecule has 0 nitrogen and oxygen atoms in total. The van der Waals surface area contributed by atoms with Crippen LogP contribution in [0, 0.1) is 0 Å². The number of hydrogen-bond acceptors (Lipinski definition) is 0. The van der Waals surface area contributed by atoms with Gasteiger partial charge in [0.15, 0.2) is 0 Å². The normalized spacial score (nSPS) is 19.6. The largest absolute Gasteiger partial charge is 0.0843 e. The number of benzene rings is 1. The molecule has 1 aromatic carbocycles. The quantitative estimate of drug-likeness (QED) is 0.513. The fraction of sp³-hybridized carbons (Fsp3) is 0.400. The van der Waals surface area contributed by atoms with Gasteiger partial charge in [-0.3, -0.25) is 0 Å². The molecule has 1 fully saturated rings. The summed E-state index contributed by atoms with van der Waals surface area (Å²) >= 11 is 14.5. The van der Waals surface area contributed by atoms with Gasteiger partial charge in [0, 0.05) is 13.5 Å². The first-order valence-corrected chi connectivity index (χ1v) is 6.10. The first kappa shape index (κ1) is 10.1. The average Bonchev–Trinajstić information content (AvgIpc) is 2.00. The highest BCUT2D eigenvalue weighted by atomic mass is 127. The van der Waals surface area contributed by atoms with E-state index in [1.165, 1.54) is 24.8 Å². The summed E-state index contributed by atoms with van der Waals surface area (Å²) in [6, 6.07) is 5.80. The van der Waals surface area contributed by atoms with Crippen LogP contribution in [0.5, 0.6) is 0 Å². The summed E-state index contributed by atoms with van der Waals surface area (Å²) in [5, 5.41) is 1.52. The number of alkyl halides is 1. The van der Waals surface area contributed by atoms with Gasteiger partial charge in [0.2, 0.25) is 0 Å². The van der Waals surface area contributed by atoms with E-state index in [4.69, 9.17) is 23.2 Å². The molecule has 2 rings (SSSR count). The minimum Gasteiger partial charge on any atom is -0.0843 e. The van der Waals surface area contributed by atoms with Crippen molar-refractivity contribution in [1.82, 2.24) is 0 Å². The van der Waals surface area contributed by atoms with Crippen molar-refractivity contribution in [2.45, 2.75) is 22.7 Å². The molecule has 1 aromatic rings. The van der Waals surface area contributed by atoms with E-state index in [1.54, 1.807) is 0 Å². The molecule has 13 heavy (non-hydrogen) atoms. The van der Waals surface area contributed by atoms with Crippen LogP contribution in [-0.4, -0.2) is 0 Å². The summed E-state index contributed by atoms with van der Waals surface area (Å²) in [7, 11) is 0. The van der Waals surface area contributed by atoms with E-state index in [2.05, 4.69) is 28.7 Å². The Kier molecular flexibility index (Phi) is 2.78. The van der Waals surface area contributed by atoms with Gasteiger partial charge in [0.1, 0.15) is 0 Å². The Balaban J connectivity index is 2.40. The maximum absolute atomic E-state index is 6.14. The summed E-state index contributed by atoms with van der Waals surface area (Å²) in [4.78, 5) is 0. The third kappa shape index (κ3) is 1.83. The molecule has 1 saturated carbocycles. The van der Waals surface area contributed by atoms with Gasteiger partial charge >= 0.3 is 0 Å². The maximum Gasteiger partial charge on any atom is 0.0485 e. The Morgan fingerprint density at radius 2 is 1.92 bits per heavy atom. The summed E-state index contributed by atoms with van der Waals surface area (Å²) in [5.41, 5.74) is 1.24. The van der Waals surface area contributed by atoms with Crippen molar-refractivity contribution >= 4 is 45.8 Å². The van der Waals surface area contributed by atoms with Gasteiger partial charge < -0.3 is 0 Å². The molecule has 0 atom stereocenters. The van der Waals surface area contributed by atoms with E-state index in [0.717, 1.165) is 5.02 Å². The van der Waals surface area contributed by atoms with Crippen molar-refractivity contribution in [3.63, 3.8) is 0 Å². The van der Waals surface area contributed by atoms with E-state index in [9.17, 15) is 0 Å². The molecule has 1 aliphatic rings. The second kappa shape index (κ2) is 3.59. The van der Waals surface area contributed by atoms with Crippen LogP contribution in [-0.2, 0) is 3.42 Å². The van der Waals surface area contributed by atoms with Gasteiger partial charge in [0.25, 0.3) is 0 Å². The van der Waals surface area contributed by atoms with Crippen LogP contribution in [0.3, 0.4) is 0 Å². The van der Waals surface area contributed by atoms with Gasteiger partial charge in [-0.1, -0.05) is 58.3 Å². The SMILES string of the molecule is Clc1ccc(C2(I)CCC2)c(Cl)c1. The van der Waals surface area contributed by atoms with Crippen molar-refractivity contribution in [2.24, 2.45) is 0 Å². The molecule has 0 saturated heterocycles. The molecule has 70 valence electrons. The van der Waals surface area contributed by atoms with Crippen LogP contribution in [0.2, 0.25) is 10.0 Å². The predicted molar refractivity (Wildman–Crippen MR) is 66.0 cm³/mol. The molecule has 0 amide bonds. The highest BCUT2D eigenvalue weighted by molar-refractivity contribution is 14.1. The van der Waals surface area contributed by atoms with Gasteiger partial charge in [-0.2, -0.15) is 0 Å². The average molecular weight is 327 g/mol. The number of halogens is 3. The smallest absolute Gasteiger partial charge is 0.0485 e.